The number of carbonyl (C=O) groups excluding carboxylic acids is 1. The maximum absolute atomic E-state index is 13.5. The summed E-state index contributed by atoms with van der Waals surface area (Å²) in [6.07, 6.45) is 1.09. The standard InChI is InChI=1S/C20H26O4/c1-10(2)20-16(24-20)13-7-6-11(3)12-8-9-14(18(4,5)22)19(23,15(12)13)17(20)21/h6-7,10,14,16,22-23H,8-9H2,1-5H3. The monoisotopic (exact) mass is 330 g/mol. The molecule has 4 rings (SSSR count). The Morgan fingerprint density at radius 1 is 1.33 bits per heavy atom. The predicted molar refractivity (Wildman–Crippen MR) is 89.6 cm³/mol. The molecule has 4 heteroatoms. The second kappa shape index (κ2) is 4.48. The first-order valence-electron chi connectivity index (χ1n) is 8.86. The van der Waals surface area contributed by atoms with Gasteiger partial charge < -0.3 is 14.9 Å². The van der Waals surface area contributed by atoms with Gasteiger partial charge in [0.1, 0.15) is 6.10 Å². The Balaban J connectivity index is 2.04. The van der Waals surface area contributed by atoms with Crippen molar-refractivity contribution in [3.05, 3.63) is 34.4 Å². The summed E-state index contributed by atoms with van der Waals surface area (Å²) >= 11 is 0. The summed E-state index contributed by atoms with van der Waals surface area (Å²) in [6.45, 7) is 9.31. The number of rotatable bonds is 2. The lowest BCUT2D eigenvalue weighted by atomic mass is 9.56. The minimum absolute atomic E-state index is 0.0266. The molecule has 0 amide bonds. The van der Waals surface area contributed by atoms with Crippen LogP contribution in [0.4, 0.5) is 0 Å². The number of aliphatic hydroxyl groups is 2. The smallest absolute Gasteiger partial charge is 0.204 e. The highest BCUT2D eigenvalue weighted by Crippen LogP contribution is 2.66. The number of fused-ring (bicyclic) bond motifs is 2. The fourth-order valence-electron chi connectivity index (χ4n) is 5.20. The molecular weight excluding hydrogens is 304 g/mol. The zero-order valence-electron chi connectivity index (χ0n) is 15.0. The summed E-state index contributed by atoms with van der Waals surface area (Å²) in [5, 5.41) is 22.5. The number of benzene rings is 1. The van der Waals surface area contributed by atoms with E-state index in [9.17, 15) is 15.0 Å². The lowest BCUT2D eigenvalue weighted by Gasteiger charge is -2.49. The van der Waals surface area contributed by atoms with Gasteiger partial charge in [0, 0.05) is 11.5 Å². The molecule has 1 fully saturated rings. The van der Waals surface area contributed by atoms with Gasteiger partial charge in [0.25, 0.3) is 0 Å². The molecule has 0 aromatic heterocycles. The van der Waals surface area contributed by atoms with E-state index >= 15 is 0 Å². The fraction of sp³-hybridized carbons (Fsp3) is 0.650. The first kappa shape index (κ1) is 16.2. The van der Waals surface area contributed by atoms with Crippen LogP contribution in [0.15, 0.2) is 12.1 Å². The Kier molecular flexibility index (Phi) is 3.04. The molecule has 4 unspecified atom stereocenters. The fourth-order valence-corrected chi connectivity index (χ4v) is 5.20. The number of epoxide rings is 1. The van der Waals surface area contributed by atoms with E-state index in [1.54, 1.807) is 13.8 Å². The molecule has 2 aliphatic carbocycles. The van der Waals surface area contributed by atoms with E-state index in [1.165, 1.54) is 0 Å². The molecule has 1 saturated heterocycles. The van der Waals surface area contributed by atoms with Gasteiger partial charge in [0.15, 0.2) is 11.2 Å². The second-order valence-electron chi connectivity index (χ2n) is 8.61. The molecule has 24 heavy (non-hydrogen) atoms. The van der Waals surface area contributed by atoms with Crippen LogP contribution in [0.3, 0.4) is 0 Å². The van der Waals surface area contributed by atoms with Gasteiger partial charge in [-0.05, 0) is 56.2 Å². The Morgan fingerprint density at radius 3 is 2.58 bits per heavy atom. The zero-order valence-corrected chi connectivity index (χ0v) is 15.0. The van der Waals surface area contributed by atoms with E-state index in [0.29, 0.717) is 12.0 Å². The quantitative estimate of drug-likeness (QED) is 0.818. The minimum atomic E-state index is -1.68. The van der Waals surface area contributed by atoms with E-state index in [0.717, 1.165) is 23.1 Å². The third kappa shape index (κ3) is 1.67. The van der Waals surface area contributed by atoms with Crippen LogP contribution in [0.1, 0.15) is 62.5 Å². The van der Waals surface area contributed by atoms with Gasteiger partial charge in [-0.15, -0.1) is 0 Å². The second-order valence-corrected chi connectivity index (χ2v) is 8.61. The van der Waals surface area contributed by atoms with Gasteiger partial charge in [-0.25, -0.2) is 0 Å². The van der Waals surface area contributed by atoms with Crippen molar-refractivity contribution in [1.29, 1.82) is 0 Å². The van der Waals surface area contributed by atoms with Crippen LogP contribution < -0.4 is 0 Å². The Labute approximate surface area is 142 Å². The van der Waals surface area contributed by atoms with Gasteiger partial charge >= 0.3 is 0 Å². The van der Waals surface area contributed by atoms with Crippen LogP contribution in [0.25, 0.3) is 0 Å². The van der Waals surface area contributed by atoms with Crippen LogP contribution in [-0.2, 0) is 21.6 Å². The lowest BCUT2D eigenvalue weighted by Crippen LogP contribution is -2.61. The molecule has 4 atom stereocenters. The van der Waals surface area contributed by atoms with Crippen molar-refractivity contribution in [1.82, 2.24) is 0 Å². The molecule has 0 spiro atoms. The molecule has 1 aromatic rings. The van der Waals surface area contributed by atoms with Crippen LogP contribution in [0, 0.1) is 18.8 Å². The van der Waals surface area contributed by atoms with Crippen molar-refractivity contribution in [2.45, 2.75) is 70.4 Å². The van der Waals surface area contributed by atoms with Gasteiger partial charge in [-0.2, -0.15) is 0 Å². The highest BCUT2D eigenvalue weighted by atomic mass is 16.6. The largest absolute Gasteiger partial charge is 0.390 e. The number of hydrogen-bond acceptors (Lipinski definition) is 4. The molecule has 1 heterocycles. The van der Waals surface area contributed by atoms with Crippen molar-refractivity contribution >= 4 is 5.78 Å². The average molecular weight is 330 g/mol. The molecular formula is C20H26O4. The topological polar surface area (TPSA) is 70.1 Å². The number of carbonyl (C=O) groups is 1. The molecule has 1 aliphatic heterocycles. The summed E-state index contributed by atoms with van der Waals surface area (Å²) in [5.74, 6) is -0.825. The molecule has 0 saturated carbocycles. The van der Waals surface area contributed by atoms with E-state index in [4.69, 9.17) is 4.74 Å². The van der Waals surface area contributed by atoms with Crippen molar-refractivity contribution in [3.8, 4) is 0 Å². The van der Waals surface area contributed by atoms with E-state index in [-0.39, 0.29) is 17.8 Å². The van der Waals surface area contributed by atoms with Crippen LogP contribution in [-0.4, -0.2) is 27.2 Å². The van der Waals surface area contributed by atoms with Crippen molar-refractivity contribution in [3.63, 3.8) is 0 Å². The zero-order chi connectivity index (χ0) is 17.7. The number of hydrogen-bond donors (Lipinski definition) is 2. The third-order valence-electron chi connectivity index (χ3n) is 6.49. The molecule has 130 valence electrons. The first-order chi connectivity index (χ1) is 11.1. The maximum Gasteiger partial charge on any atom is 0.204 e. The van der Waals surface area contributed by atoms with E-state index in [2.05, 4.69) is 6.07 Å². The van der Waals surface area contributed by atoms with Gasteiger partial charge in [-0.1, -0.05) is 26.0 Å². The van der Waals surface area contributed by atoms with E-state index < -0.39 is 22.7 Å². The van der Waals surface area contributed by atoms with Crippen LogP contribution in [0.2, 0.25) is 0 Å². The van der Waals surface area contributed by atoms with Crippen molar-refractivity contribution in [2.24, 2.45) is 11.8 Å². The normalized spacial score (nSPS) is 37.2. The van der Waals surface area contributed by atoms with Gasteiger partial charge in [-0.3, -0.25) is 4.79 Å². The number of aryl methyl sites for hydroxylation is 1. The van der Waals surface area contributed by atoms with Crippen LogP contribution >= 0.6 is 0 Å². The number of ketones is 1. The number of Topliss-reactive ketones (excluding diaryl/α,β-unsaturated/α-hetero) is 1. The molecule has 3 aliphatic rings. The highest BCUT2D eigenvalue weighted by molar-refractivity contribution is 6.02. The molecule has 2 N–H and O–H groups in total. The summed E-state index contributed by atoms with van der Waals surface area (Å²) in [7, 11) is 0. The minimum Gasteiger partial charge on any atom is -0.390 e. The Hall–Kier alpha value is -1.23. The van der Waals surface area contributed by atoms with Gasteiger partial charge in [0.05, 0.1) is 5.60 Å². The van der Waals surface area contributed by atoms with E-state index in [1.807, 2.05) is 26.8 Å². The summed E-state index contributed by atoms with van der Waals surface area (Å²) in [6, 6.07) is 4.05. The molecule has 4 nitrogen and oxygen atoms in total. The lowest BCUT2D eigenvalue weighted by molar-refractivity contribution is -0.170. The van der Waals surface area contributed by atoms with Crippen molar-refractivity contribution in [2.75, 3.05) is 0 Å². The number of ether oxygens (including phenoxy) is 1. The summed E-state index contributed by atoms with van der Waals surface area (Å²) < 4.78 is 5.96. The SMILES string of the molecule is Cc1ccc2c3c1CCC(C(C)(C)O)C3(O)C(=O)C1(C(C)C)OC21. The Morgan fingerprint density at radius 2 is 2.00 bits per heavy atom. The molecule has 0 bridgehead atoms. The van der Waals surface area contributed by atoms with Gasteiger partial charge in [0.2, 0.25) is 5.78 Å². The molecule has 0 radical (unpaired) electrons. The molecule has 1 aromatic carbocycles. The Bertz CT molecular complexity index is 745. The summed E-state index contributed by atoms with van der Waals surface area (Å²) in [4.78, 5) is 13.5. The third-order valence-corrected chi connectivity index (χ3v) is 6.49. The van der Waals surface area contributed by atoms with Crippen LogP contribution in [0.5, 0.6) is 0 Å². The average Bonchev–Trinajstić information content (AvgIpc) is 3.22. The maximum atomic E-state index is 13.5. The summed E-state index contributed by atoms with van der Waals surface area (Å²) in [5.41, 5.74) is 0.0105. The first-order valence-corrected chi connectivity index (χ1v) is 8.86. The highest BCUT2D eigenvalue weighted by Gasteiger charge is 2.75. The van der Waals surface area contributed by atoms with Crippen molar-refractivity contribution < 1.29 is 19.7 Å². The predicted octanol–water partition coefficient (Wildman–Crippen LogP) is 2.56.